The molecule has 21 heavy (non-hydrogen) atoms. The molecule has 0 spiro atoms. The number of H-pyrrole nitrogens is 1. The van der Waals surface area contributed by atoms with E-state index in [2.05, 4.69) is 15.2 Å². The van der Waals surface area contributed by atoms with Gasteiger partial charge in [0.1, 0.15) is 10.3 Å². The first-order chi connectivity index (χ1) is 9.88. The number of aromatic amines is 1. The highest BCUT2D eigenvalue weighted by Crippen LogP contribution is 2.29. The average Bonchev–Trinajstić information content (AvgIpc) is 2.87. The molecule has 0 fully saturated rings. The van der Waals surface area contributed by atoms with Gasteiger partial charge in [0.25, 0.3) is 5.69 Å². The van der Waals surface area contributed by atoms with E-state index < -0.39 is 16.1 Å². The molecule has 0 aliphatic heterocycles. The van der Waals surface area contributed by atoms with E-state index in [1.807, 2.05) is 0 Å². The fourth-order valence-electron chi connectivity index (χ4n) is 1.44. The van der Waals surface area contributed by atoms with Gasteiger partial charge in [0.05, 0.1) is 4.92 Å². The normalized spacial score (nSPS) is 12.1. The molecule has 0 saturated carbocycles. The van der Waals surface area contributed by atoms with Crippen molar-refractivity contribution < 1.29 is 14.8 Å². The Kier molecular flexibility index (Phi) is 4.43. The summed E-state index contributed by atoms with van der Waals surface area (Å²) in [5.41, 5.74) is 0.201. The van der Waals surface area contributed by atoms with E-state index in [-0.39, 0.29) is 15.9 Å². The number of thioether (sulfide) groups is 1. The molecule has 10 heteroatoms. The van der Waals surface area contributed by atoms with Crippen molar-refractivity contribution in [3.63, 3.8) is 0 Å². The first-order valence-electron chi connectivity index (χ1n) is 5.64. The Morgan fingerprint density at radius 3 is 2.90 bits per heavy atom. The van der Waals surface area contributed by atoms with Gasteiger partial charge < -0.3 is 5.11 Å². The molecule has 0 aliphatic rings. The van der Waals surface area contributed by atoms with Gasteiger partial charge in [-0.2, -0.15) is 0 Å². The smallest absolute Gasteiger partial charge is 0.316 e. The Balaban J connectivity index is 2.27. The van der Waals surface area contributed by atoms with E-state index >= 15 is 0 Å². The van der Waals surface area contributed by atoms with Crippen molar-refractivity contribution in [1.29, 1.82) is 0 Å². The van der Waals surface area contributed by atoms with E-state index in [0.717, 1.165) is 11.8 Å². The van der Waals surface area contributed by atoms with Crippen LogP contribution in [0.2, 0.25) is 5.02 Å². The third-order valence-electron chi connectivity index (χ3n) is 2.51. The first-order valence-corrected chi connectivity index (χ1v) is 6.90. The molecule has 0 radical (unpaired) electrons. The summed E-state index contributed by atoms with van der Waals surface area (Å²) in [6.07, 6.45) is 0. The number of nitro groups is 1. The Hall–Kier alpha value is -2.13. The summed E-state index contributed by atoms with van der Waals surface area (Å²) in [6.45, 7) is 1.51. The molecule has 2 rings (SSSR count). The van der Waals surface area contributed by atoms with Crippen LogP contribution in [0.1, 0.15) is 6.92 Å². The van der Waals surface area contributed by atoms with Crippen molar-refractivity contribution in [3.8, 4) is 11.4 Å². The molecular weight excluding hydrogens is 320 g/mol. The highest BCUT2D eigenvalue weighted by molar-refractivity contribution is 8.00. The number of hydrogen-bond donors (Lipinski definition) is 2. The number of carboxylic acids is 1. The molecule has 1 atom stereocenters. The van der Waals surface area contributed by atoms with Gasteiger partial charge in [-0.25, -0.2) is 4.98 Å². The summed E-state index contributed by atoms with van der Waals surface area (Å²) in [4.78, 5) is 25.1. The average molecular weight is 329 g/mol. The van der Waals surface area contributed by atoms with Crippen LogP contribution in [0.3, 0.4) is 0 Å². The van der Waals surface area contributed by atoms with Crippen LogP contribution in [-0.4, -0.2) is 36.4 Å². The summed E-state index contributed by atoms with van der Waals surface area (Å²) < 4.78 is 0. The zero-order valence-corrected chi connectivity index (χ0v) is 12.2. The lowest BCUT2D eigenvalue weighted by atomic mass is 10.2. The zero-order valence-electron chi connectivity index (χ0n) is 10.6. The minimum atomic E-state index is -0.978. The third-order valence-corrected chi connectivity index (χ3v) is 3.78. The van der Waals surface area contributed by atoms with Crippen LogP contribution >= 0.6 is 23.4 Å². The summed E-state index contributed by atoms with van der Waals surface area (Å²) in [5.74, 6) is -0.677. The van der Waals surface area contributed by atoms with Gasteiger partial charge in [-0.05, 0) is 19.1 Å². The number of carbonyl (C=O) groups is 1. The van der Waals surface area contributed by atoms with E-state index in [1.165, 1.54) is 19.1 Å². The zero-order chi connectivity index (χ0) is 15.6. The fraction of sp³-hybridized carbons (Fsp3) is 0.182. The molecule has 110 valence electrons. The minimum Gasteiger partial charge on any atom is -0.480 e. The van der Waals surface area contributed by atoms with Crippen molar-refractivity contribution in [2.24, 2.45) is 0 Å². The Morgan fingerprint density at radius 1 is 1.57 bits per heavy atom. The molecule has 1 aromatic heterocycles. The van der Waals surface area contributed by atoms with Crippen molar-refractivity contribution in [2.45, 2.75) is 17.3 Å². The molecule has 0 unspecified atom stereocenters. The highest BCUT2D eigenvalue weighted by atomic mass is 35.5. The number of benzene rings is 1. The lowest BCUT2D eigenvalue weighted by Crippen LogP contribution is -2.11. The SMILES string of the molecule is C[C@@H](Sc1n[nH]c(-c2ccc(Cl)c([N+](=O)[O-])c2)n1)C(=O)O. The summed E-state index contributed by atoms with van der Waals surface area (Å²) >= 11 is 6.70. The maximum absolute atomic E-state index is 10.8. The molecule has 0 aliphatic carbocycles. The third kappa shape index (κ3) is 3.50. The maximum atomic E-state index is 10.8. The van der Waals surface area contributed by atoms with Gasteiger partial charge in [-0.15, -0.1) is 5.10 Å². The monoisotopic (exact) mass is 328 g/mol. The van der Waals surface area contributed by atoms with E-state index in [0.29, 0.717) is 11.4 Å². The number of aromatic nitrogens is 3. The van der Waals surface area contributed by atoms with Crippen molar-refractivity contribution in [2.75, 3.05) is 0 Å². The van der Waals surface area contributed by atoms with E-state index in [1.54, 1.807) is 6.07 Å². The Morgan fingerprint density at radius 2 is 2.29 bits per heavy atom. The number of hydrogen-bond acceptors (Lipinski definition) is 6. The second kappa shape index (κ2) is 6.10. The van der Waals surface area contributed by atoms with Gasteiger partial charge >= 0.3 is 5.97 Å². The van der Waals surface area contributed by atoms with Crippen LogP contribution in [0.5, 0.6) is 0 Å². The molecule has 1 aromatic carbocycles. The van der Waals surface area contributed by atoms with Crippen LogP contribution < -0.4 is 0 Å². The number of aliphatic carboxylic acids is 1. The summed E-state index contributed by atoms with van der Waals surface area (Å²) in [5, 5.41) is 25.7. The Bertz CT molecular complexity index is 705. The second-order valence-electron chi connectivity index (χ2n) is 3.99. The number of carboxylic acid groups (broad SMARTS) is 1. The topological polar surface area (TPSA) is 122 Å². The van der Waals surface area contributed by atoms with Crippen LogP contribution in [-0.2, 0) is 4.79 Å². The first kappa shape index (κ1) is 15.3. The number of nitro benzene ring substituents is 1. The molecule has 0 saturated heterocycles. The number of halogens is 1. The number of nitrogens with zero attached hydrogens (tertiary/aromatic N) is 3. The van der Waals surface area contributed by atoms with Crippen LogP contribution in [0, 0.1) is 10.1 Å². The highest BCUT2D eigenvalue weighted by Gasteiger charge is 2.18. The lowest BCUT2D eigenvalue weighted by Gasteiger charge is -2.00. The van der Waals surface area contributed by atoms with Crippen LogP contribution in [0.15, 0.2) is 23.4 Å². The number of rotatable bonds is 5. The van der Waals surface area contributed by atoms with Crippen molar-refractivity contribution in [3.05, 3.63) is 33.3 Å². The predicted molar refractivity (Wildman–Crippen MR) is 76.4 cm³/mol. The number of nitrogens with one attached hydrogen (secondary N) is 1. The standard InChI is InChI=1S/C11H9ClN4O4S/c1-5(10(17)18)21-11-13-9(14-15-11)6-2-3-7(12)8(4-6)16(19)20/h2-5H,1H3,(H,17,18)(H,13,14,15)/t5-/m1/s1. The predicted octanol–water partition coefficient (Wildman–Crippen LogP) is 2.60. The van der Waals surface area contributed by atoms with Crippen molar-refractivity contribution in [1.82, 2.24) is 15.2 Å². The fourth-order valence-corrected chi connectivity index (χ4v) is 2.28. The maximum Gasteiger partial charge on any atom is 0.316 e. The van der Waals surface area contributed by atoms with E-state index in [9.17, 15) is 14.9 Å². The molecular formula is C11H9ClN4O4S. The molecule has 1 heterocycles. The quantitative estimate of drug-likeness (QED) is 0.491. The van der Waals surface area contributed by atoms with E-state index in [4.69, 9.17) is 16.7 Å². The summed E-state index contributed by atoms with van der Waals surface area (Å²) in [6, 6.07) is 4.23. The van der Waals surface area contributed by atoms with Gasteiger partial charge in [-0.1, -0.05) is 23.4 Å². The largest absolute Gasteiger partial charge is 0.480 e. The van der Waals surface area contributed by atoms with Gasteiger partial charge in [0, 0.05) is 11.6 Å². The van der Waals surface area contributed by atoms with Gasteiger partial charge in [0.15, 0.2) is 5.82 Å². The van der Waals surface area contributed by atoms with Crippen LogP contribution in [0.4, 0.5) is 5.69 Å². The van der Waals surface area contributed by atoms with Gasteiger partial charge in [-0.3, -0.25) is 20.0 Å². The van der Waals surface area contributed by atoms with Crippen molar-refractivity contribution >= 4 is 35.0 Å². The second-order valence-corrected chi connectivity index (χ2v) is 5.70. The Labute approximate surface area is 127 Å². The molecule has 2 N–H and O–H groups in total. The lowest BCUT2D eigenvalue weighted by molar-refractivity contribution is -0.384. The minimum absolute atomic E-state index is 0.0253. The molecule has 0 amide bonds. The molecule has 8 nitrogen and oxygen atoms in total. The molecule has 2 aromatic rings. The van der Waals surface area contributed by atoms with Crippen LogP contribution in [0.25, 0.3) is 11.4 Å². The molecule has 0 bridgehead atoms. The van der Waals surface area contributed by atoms with Gasteiger partial charge in [0.2, 0.25) is 5.16 Å². The summed E-state index contributed by atoms with van der Waals surface area (Å²) in [7, 11) is 0.